The summed E-state index contributed by atoms with van der Waals surface area (Å²) in [4.78, 5) is 29.3. The monoisotopic (exact) mass is 588 g/mol. The molecule has 3 aliphatic rings. The fourth-order valence-electron chi connectivity index (χ4n) is 6.32. The van der Waals surface area contributed by atoms with Gasteiger partial charge in [0.1, 0.15) is 23.3 Å². The average Bonchev–Trinajstić information content (AvgIpc) is 3.93. The van der Waals surface area contributed by atoms with Crippen LogP contribution in [-0.4, -0.2) is 48.9 Å². The third-order valence-electron chi connectivity index (χ3n) is 9.24. The Morgan fingerprint density at radius 3 is 2.50 bits per heavy atom. The molecule has 1 atom stereocenters. The van der Waals surface area contributed by atoms with Crippen LogP contribution in [-0.2, 0) is 13.6 Å². The number of nitrogens with one attached hydrogen (secondary N) is 3. The van der Waals surface area contributed by atoms with E-state index in [4.69, 9.17) is 4.98 Å². The Morgan fingerprint density at radius 1 is 1.02 bits per heavy atom. The molecule has 3 heterocycles. The van der Waals surface area contributed by atoms with Crippen molar-refractivity contribution in [3.05, 3.63) is 78.4 Å². The number of rotatable bonds is 9. The molecule has 2 amide bonds. The van der Waals surface area contributed by atoms with Crippen molar-refractivity contribution in [3.8, 4) is 17.2 Å². The molecule has 3 aromatic heterocycles. The lowest BCUT2D eigenvalue weighted by Crippen LogP contribution is -2.49. The highest BCUT2D eigenvalue weighted by molar-refractivity contribution is 5.91. The highest BCUT2D eigenvalue weighted by Crippen LogP contribution is 2.66. The van der Waals surface area contributed by atoms with Crippen LogP contribution in [0, 0.1) is 16.7 Å². The lowest BCUT2D eigenvalue weighted by atomic mass is 9.90. The number of hydrogen-bond acceptors (Lipinski definition) is 8. The number of urea groups is 1. The highest BCUT2D eigenvalue weighted by atomic mass is 16.2. The topological polar surface area (TPSA) is 137 Å². The largest absolute Gasteiger partial charge is 0.365 e. The second-order valence-corrected chi connectivity index (χ2v) is 12.3. The predicted molar refractivity (Wildman–Crippen MR) is 168 cm³/mol. The van der Waals surface area contributed by atoms with Gasteiger partial charge in [0.2, 0.25) is 5.95 Å². The van der Waals surface area contributed by atoms with Gasteiger partial charge in [-0.2, -0.15) is 15.3 Å². The van der Waals surface area contributed by atoms with E-state index in [1.807, 2.05) is 60.6 Å². The summed E-state index contributed by atoms with van der Waals surface area (Å²) in [5, 5.41) is 23.9. The molecule has 1 spiro atoms. The number of pyridine rings is 1. The summed E-state index contributed by atoms with van der Waals surface area (Å²) in [5.74, 6) is 1.78. The Morgan fingerprint density at radius 2 is 1.84 bits per heavy atom. The van der Waals surface area contributed by atoms with Gasteiger partial charge in [-0.05, 0) is 68.1 Å². The van der Waals surface area contributed by atoms with Crippen LogP contribution in [0.4, 0.5) is 22.4 Å². The zero-order chi connectivity index (χ0) is 30.1. The lowest BCUT2D eigenvalue weighted by molar-refractivity contribution is 0.240. The summed E-state index contributed by atoms with van der Waals surface area (Å²) in [6.45, 7) is 0.440. The summed E-state index contributed by atoms with van der Waals surface area (Å²) in [6, 6.07) is 16.4. The molecule has 0 aliphatic heterocycles. The Hall–Kier alpha value is -4.98. The summed E-state index contributed by atoms with van der Waals surface area (Å²) in [5.41, 5.74) is 3.90. The first-order valence-corrected chi connectivity index (χ1v) is 15.4. The maximum Gasteiger partial charge on any atom is 0.323 e. The molecule has 11 heteroatoms. The number of carbonyl (C=O) groups excluding carboxylic acids is 1. The van der Waals surface area contributed by atoms with Crippen molar-refractivity contribution in [2.24, 2.45) is 12.5 Å². The smallest absolute Gasteiger partial charge is 0.323 e. The van der Waals surface area contributed by atoms with E-state index in [2.05, 4.69) is 37.1 Å². The van der Waals surface area contributed by atoms with Gasteiger partial charge in [0, 0.05) is 55.2 Å². The second-order valence-electron chi connectivity index (χ2n) is 12.3. The number of benzene rings is 1. The molecular weight excluding hydrogens is 552 g/mol. The molecule has 4 aromatic rings. The van der Waals surface area contributed by atoms with Crippen LogP contribution in [0.15, 0.2) is 67.3 Å². The molecule has 3 fully saturated rings. The highest BCUT2D eigenvalue weighted by Gasteiger charge is 2.63. The predicted octanol–water partition coefficient (Wildman–Crippen LogP) is 5.25. The number of aromatic nitrogens is 5. The van der Waals surface area contributed by atoms with E-state index in [1.54, 1.807) is 23.3 Å². The van der Waals surface area contributed by atoms with Crippen molar-refractivity contribution in [2.75, 3.05) is 15.5 Å². The van der Waals surface area contributed by atoms with E-state index in [0.29, 0.717) is 41.1 Å². The normalized spacial score (nSPS) is 21.2. The van der Waals surface area contributed by atoms with Gasteiger partial charge in [0.15, 0.2) is 0 Å². The third-order valence-corrected chi connectivity index (χ3v) is 9.24. The van der Waals surface area contributed by atoms with Gasteiger partial charge < -0.3 is 16.0 Å². The van der Waals surface area contributed by atoms with Gasteiger partial charge in [0.05, 0.1) is 12.4 Å². The molecule has 1 aromatic carbocycles. The van der Waals surface area contributed by atoms with Crippen LogP contribution in [0.5, 0.6) is 0 Å². The van der Waals surface area contributed by atoms with Crippen molar-refractivity contribution in [3.63, 3.8) is 0 Å². The maximum atomic E-state index is 13.7. The SMILES string of the molecule is Cn1cc(-c2ccc(N(C(=O)NCc3ccccc3)[C@H]3CC[C@H](Nc4ncc(C#N)c(NC5CC56CC6)n4)CC3)nc2)cn1. The van der Waals surface area contributed by atoms with Gasteiger partial charge in [-0.1, -0.05) is 30.3 Å². The molecule has 1 unspecified atom stereocenters. The number of aryl methyl sites for hydroxylation is 1. The Kier molecular flexibility index (Phi) is 7.34. The van der Waals surface area contributed by atoms with Crippen LogP contribution in [0.2, 0.25) is 0 Å². The van der Waals surface area contributed by atoms with E-state index < -0.39 is 0 Å². The first-order chi connectivity index (χ1) is 21.5. The van der Waals surface area contributed by atoms with E-state index in [-0.39, 0.29) is 18.1 Å². The van der Waals surface area contributed by atoms with Crippen molar-refractivity contribution >= 4 is 23.6 Å². The van der Waals surface area contributed by atoms with Crippen molar-refractivity contribution in [2.45, 2.75) is 69.6 Å². The third kappa shape index (κ3) is 5.93. The summed E-state index contributed by atoms with van der Waals surface area (Å²) in [6.07, 6.45) is 14.1. The van der Waals surface area contributed by atoms with Crippen molar-refractivity contribution in [1.29, 1.82) is 5.26 Å². The fraction of sp³-hybridized carbons (Fsp3) is 0.394. The molecule has 0 saturated heterocycles. The van der Waals surface area contributed by atoms with Crippen LogP contribution in [0.25, 0.3) is 11.1 Å². The average molecular weight is 589 g/mol. The quantitative estimate of drug-likeness (QED) is 0.241. The standard InChI is InChI=1S/C33H36N10O/c1-42-21-25(20-38-42)23-7-12-29(35-18-23)43(32(44)37-17-22-5-3-2-4-6-22)27-10-8-26(9-11-27)39-31-36-19-24(16-34)30(41-31)40-28-15-33(28)13-14-33/h2-7,12,18-21,26-28H,8-11,13-15,17H2,1H3,(H,37,44)(H2,36,39,40,41)/t26-,27-,28?. The molecule has 0 bridgehead atoms. The van der Waals surface area contributed by atoms with E-state index >= 15 is 0 Å². The Labute approximate surface area is 256 Å². The second kappa shape index (κ2) is 11.6. The van der Waals surface area contributed by atoms with E-state index in [9.17, 15) is 10.1 Å². The lowest BCUT2D eigenvalue weighted by Gasteiger charge is -2.36. The molecule has 224 valence electrons. The number of nitrogens with zero attached hydrogens (tertiary/aromatic N) is 7. The molecule has 3 N–H and O–H groups in total. The van der Waals surface area contributed by atoms with Gasteiger partial charge in [-0.25, -0.2) is 14.8 Å². The first kappa shape index (κ1) is 27.8. The van der Waals surface area contributed by atoms with Gasteiger partial charge >= 0.3 is 6.03 Å². The van der Waals surface area contributed by atoms with Gasteiger partial charge in [0.25, 0.3) is 0 Å². The number of amides is 2. The maximum absolute atomic E-state index is 13.7. The van der Waals surface area contributed by atoms with Gasteiger partial charge in [-0.3, -0.25) is 9.58 Å². The zero-order valence-electron chi connectivity index (χ0n) is 24.8. The minimum Gasteiger partial charge on any atom is -0.365 e. The fourth-order valence-corrected chi connectivity index (χ4v) is 6.32. The van der Waals surface area contributed by atoms with E-state index in [0.717, 1.165) is 48.8 Å². The van der Waals surface area contributed by atoms with Crippen molar-refractivity contribution in [1.82, 2.24) is 30.0 Å². The molecule has 7 rings (SSSR count). The van der Waals surface area contributed by atoms with Crippen LogP contribution in [0.3, 0.4) is 0 Å². The summed E-state index contributed by atoms with van der Waals surface area (Å²) < 4.78 is 1.76. The van der Waals surface area contributed by atoms with Crippen molar-refractivity contribution < 1.29 is 4.79 Å². The molecule has 3 saturated carbocycles. The minimum atomic E-state index is -0.161. The zero-order valence-corrected chi connectivity index (χ0v) is 24.8. The molecule has 11 nitrogen and oxygen atoms in total. The van der Waals surface area contributed by atoms with E-state index in [1.165, 1.54) is 12.8 Å². The summed E-state index contributed by atoms with van der Waals surface area (Å²) in [7, 11) is 1.88. The molecule has 0 radical (unpaired) electrons. The molecule has 3 aliphatic carbocycles. The number of hydrogen-bond donors (Lipinski definition) is 3. The van der Waals surface area contributed by atoms with Crippen LogP contribution >= 0.6 is 0 Å². The summed E-state index contributed by atoms with van der Waals surface area (Å²) >= 11 is 0. The van der Waals surface area contributed by atoms with Gasteiger partial charge in [-0.15, -0.1) is 0 Å². The number of anilines is 3. The minimum absolute atomic E-state index is 0.00993. The molecular formula is C33H36N10O. The first-order valence-electron chi connectivity index (χ1n) is 15.4. The molecule has 44 heavy (non-hydrogen) atoms. The number of carbonyl (C=O) groups is 1. The van der Waals surface area contributed by atoms with Crippen LogP contribution < -0.4 is 20.9 Å². The Balaban J connectivity index is 1.03. The Bertz CT molecular complexity index is 1670. The van der Waals surface area contributed by atoms with Crippen LogP contribution in [0.1, 0.15) is 56.1 Å². The number of nitriles is 1.